The molecule has 0 aromatic heterocycles. The Hall–Kier alpha value is -3.41. The van der Waals surface area contributed by atoms with Gasteiger partial charge >= 0.3 is 6.18 Å². The predicted octanol–water partition coefficient (Wildman–Crippen LogP) is 3.48. The highest BCUT2D eigenvalue weighted by atomic mass is 32.2. The van der Waals surface area contributed by atoms with Crippen molar-refractivity contribution in [1.82, 2.24) is 4.90 Å². The van der Waals surface area contributed by atoms with Crippen LogP contribution in [-0.4, -0.2) is 46.0 Å². The SMILES string of the molecule is O=C(CN1C(=O)c2cccc([N+](=O)[O-])c2C1=O)Nc1ccccc1SCC(F)(F)F. The second kappa shape index (κ2) is 8.14. The molecule has 0 atom stereocenters. The molecule has 2 aromatic carbocycles. The van der Waals surface area contributed by atoms with Gasteiger partial charge in [0.25, 0.3) is 17.5 Å². The maximum atomic E-state index is 12.5. The summed E-state index contributed by atoms with van der Waals surface area (Å²) in [6.45, 7) is -0.748. The molecular formula is C18H12F3N3O5S. The fourth-order valence-corrected chi connectivity index (χ4v) is 3.57. The van der Waals surface area contributed by atoms with Crippen molar-refractivity contribution >= 4 is 40.9 Å². The molecule has 3 amide bonds. The molecule has 0 radical (unpaired) electrons. The first-order chi connectivity index (χ1) is 14.1. The van der Waals surface area contributed by atoms with Crippen molar-refractivity contribution in [2.24, 2.45) is 0 Å². The van der Waals surface area contributed by atoms with Crippen molar-refractivity contribution in [3.8, 4) is 0 Å². The Balaban J connectivity index is 1.75. The lowest BCUT2D eigenvalue weighted by Gasteiger charge is -2.15. The van der Waals surface area contributed by atoms with Gasteiger partial charge < -0.3 is 5.32 Å². The highest BCUT2D eigenvalue weighted by molar-refractivity contribution is 7.99. The van der Waals surface area contributed by atoms with E-state index in [9.17, 15) is 37.7 Å². The van der Waals surface area contributed by atoms with E-state index in [1.165, 1.54) is 36.4 Å². The molecule has 1 heterocycles. The van der Waals surface area contributed by atoms with Gasteiger partial charge in [-0.05, 0) is 18.2 Å². The van der Waals surface area contributed by atoms with Crippen LogP contribution < -0.4 is 5.32 Å². The Bertz CT molecular complexity index is 1060. The number of rotatable bonds is 6. The van der Waals surface area contributed by atoms with Crippen LogP contribution in [0.2, 0.25) is 0 Å². The number of nitrogens with zero attached hydrogens (tertiary/aromatic N) is 2. The molecule has 156 valence electrons. The number of carbonyl (C=O) groups is 3. The summed E-state index contributed by atoms with van der Waals surface area (Å²) in [4.78, 5) is 48.3. The van der Waals surface area contributed by atoms with E-state index in [-0.39, 0.29) is 16.1 Å². The van der Waals surface area contributed by atoms with E-state index in [1.807, 2.05) is 0 Å². The summed E-state index contributed by atoms with van der Waals surface area (Å²) >= 11 is 0.473. The van der Waals surface area contributed by atoms with Gasteiger partial charge in [-0.25, -0.2) is 0 Å². The topological polar surface area (TPSA) is 110 Å². The van der Waals surface area contributed by atoms with Gasteiger partial charge in [-0.2, -0.15) is 13.2 Å². The van der Waals surface area contributed by atoms with Crippen molar-refractivity contribution in [2.45, 2.75) is 11.1 Å². The van der Waals surface area contributed by atoms with Gasteiger partial charge in [0.05, 0.1) is 21.9 Å². The molecule has 0 aliphatic carbocycles. The molecule has 1 aliphatic rings. The Morgan fingerprint density at radius 3 is 2.47 bits per heavy atom. The molecule has 1 N–H and O–H groups in total. The number of benzene rings is 2. The van der Waals surface area contributed by atoms with E-state index < -0.39 is 52.4 Å². The summed E-state index contributed by atoms with van der Waals surface area (Å²) in [5.74, 6) is -3.86. The van der Waals surface area contributed by atoms with Crippen LogP contribution >= 0.6 is 11.8 Å². The van der Waals surface area contributed by atoms with Crippen LogP contribution in [0.25, 0.3) is 0 Å². The van der Waals surface area contributed by atoms with Gasteiger partial charge in [-0.15, -0.1) is 11.8 Å². The molecule has 0 saturated heterocycles. The van der Waals surface area contributed by atoms with Crippen molar-refractivity contribution in [3.63, 3.8) is 0 Å². The lowest BCUT2D eigenvalue weighted by atomic mass is 10.1. The number of nitro groups is 1. The number of amides is 3. The lowest BCUT2D eigenvalue weighted by molar-refractivity contribution is -0.385. The van der Waals surface area contributed by atoms with Gasteiger partial charge in [-0.3, -0.25) is 29.4 Å². The van der Waals surface area contributed by atoms with E-state index in [1.54, 1.807) is 0 Å². The van der Waals surface area contributed by atoms with Crippen LogP contribution in [0, 0.1) is 10.1 Å². The van der Waals surface area contributed by atoms with Gasteiger partial charge in [0.15, 0.2) is 0 Å². The number of hydrogen-bond acceptors (Lipinski definition) is 6. The van der Waals surface area contributed by atoms with Crippen LogP contribution in [0.1, 0.15) is 20.7 Å². The summed E-state index contributed by atoms with van der Waals surface area (Å²) in [7, 11) is 0. The van der Waals surface area contributed by atoms with Crippen molar-refractivity contribution in [3.05, 3.63) is 63.7 Å². The number of fused-ring (bicyclic) bond motifs is 1. The summed E-state index contributed by atoms with van der Waals surface area (Å²) in [5, 5.41) is 13.5. The smallest absolute Gasteiger partial charge is 0.324 e. The highest BCUT2D eigenvalue weighted by Gasteiger charge is 2.41. The molecule has 0 unspecified atom stereocenters. The first-order valence-electron chi connectivity index (χ1n) is 8.30. The number of carbonyl (C=O) groups excluding carboxylic acids is 3. The number of nitrogens with one attached hydrogen (secondary N) is 1. The second-order valence-corrected chi connectivity index (χ2v) is 7.12. The van der Waals surface area contributed by atoms with E-state index in [4.69, 9.17) is 0 Å². The third kappa shape index (κ3) is 4.43. The lowest BCUT2D eigenvalue weighted by Crippen LogP contribution is -2.37. The Morgan fingerprint density at radius 2 is 1.80 bits per heavy atom. The summed E-state index contributed by atoms with van der Waals surface area (Å²) in [6.07, 6.45) is -4.41. The van der Waals surface area contributed by atoms with Gasteiger partial charge in [-0.1, -0.05) is 18.2 Å². The molecule has 8 nitrogen and oxygen atoms in total. The quantitative estimate of drug-likeness (QED) is 0.319. The Kier molecular flexibility index (Phi) is 5.78. The zero-order chi connectivity index (χ0) is 22.1. The molecule has 0 fully saturated rings. The Labute approximate surface area is 171 Å². The molecule has 2 aromatic rings. The maximum absolute atomic E-state index is 12.5. The van der Waals surface area contributed by atoms with Crippen LogP contribution in [0.15, 0.2) is 47.4 Å². The fraction of sp³-hybridized carbons (Fsp3) is 0.167. The normalized spacial score (nSPS) is 13.4. The maximum Gasteiger partial charge on any atom is 0.398 e. The highest BCUT2D eigenvalue weighted by Crippen LogP contribution is 2.33. The predicted molar refractivity (Wildman–Crippen MR) is 100 cm³/mol. The molecule has 1 aliphatic heterocycles. The van der Waals surface area contributed by atoms with Crippen LogP contribution in [-0.2, 0) is 4.79 Å². The number of anilines is 1. The molecular weight excluding hydrogens is 427 g/mol. The third-order valence-electron chi connectivity index (χ3n) is 4.03. The number of thioether (sulfide) groups is 1. The molecule has 30 heavy (non-hydrogen) atoms. The van der Waals surface area contributed by atoms with E-state index >= 15 is 0 Å². The minimum Gasteiger partial charge on any atom is -0.324 e. The van der Waals surface area contributed by atoms with Crippen LogP contribution in [0.3, 0.4) is 0 Å². The van der Waals surface area contributed by atoms with Crippen molar-refractivity contribution < 1.29 is 32.5 Å². The van der Waals surface area contributed by atoms with Gasteiger partial charge in [0, 0.05) is 11.0 Å². The number of hydrogen-bond donors (Lipinski definition) is 1. The fourth-order valence-electron chi connectivity index (χ4n) is 2.80. The molecule has 3 rings (SSSR count). The molecule has 0 spiro atoms. The van der Waals surface area contributed by atoms with Crippen molar-refractivity contribution in [1.29, 1.82) is 0 Å². The van der Waals surface area contributed by atoms with E-state index in [0.717, 1.165) is 6.07 Å². The van der Waals surface area contributed by atoms with Crippen LogP contribution in [0.4, 0.5) is 24.5 Å². The van der Waals surface area contributed by atoms with Gasteiger partial charge in [0.1, 0.15) is 12.1 Å². The third-order valence-corrected chi connectivity index (χ3v) is 5.17. The first kappa shape index (κ1) is 21.3. The monoisotopic (exact) mass is 439 g/mol. The molecule has 0 bridgehead atoms. The molecule has 0 saturated carbocycles. The summed E-state index contributed by atoms with van der Waals surface area (Å²) in [5.41, 5.74) is -1.06. The van der Waals surface area contributed by atoms with Gasteiger partial charge in [0.2, 0.25) is 5.91 Å². The number of imide groups is 1. The number of para-hydroxylation sites is 1. The summed E-state index contributed by atoms with van der Waals surface area (Å²) in [6, 6.07) is 9.32. The number of alkyl halides is 3. The standard InChI is InChI=1S/C18H12F3N3O5S/c19-18(20,21)9-30-13-7-2-1-5-11(13)22-14(25)8-23-16(26)10-4-3-6-12(24(28)29)15(10)17(23)27/h1-7H,8-9H2,(H,22,25). The van der Waals surface area contributed by atoms with E-state index in [2.05, 4.69) is 5.32 Å². The number of halogens is 3. The minimum atomic E-state index is -4.41. The molecule has 12 heteroatoms. The largest absolute Gasteiger partial charge is 0.398 e. The summed E-state index contributed by atoms with van der Waals surface area (Å²) < 4.78 is 37.4. The first-order valence-corrected chi connectivity index (χ1v) is 9.29. The van der Waals surface area contributed by atoms with E-state index in [0.29, 0.717) is 16.7 Å². The zero-order valence-electron chi connectivity index (χ0n) is 14.9. The minimum absolute atomic E-state index is 0.0827. The number of nitro benzene ring substituents is 1. The second-order valence-electron chi connectivity index (χ2n) is 6.10. The zero-order valence-corrected chi connectivity index (χ0v) is 15.7. The average molecular weight is 439 g/mol. The van der Waals surface area contributed by atoms with Crippen LogP contribution in [0.5, 0.6) is 0 Å². The van der Waals surface area contributed by atoms with Crippen molar-refractivity contribution in [2.75, 3.05) is 17.6 Å². The Morgan fingerprint density at radius 1 is 1.10 bits per heavy atom. The average Bonchev–Trinajstić information content (AvgIpc) is 2.91.